The minimum Gasteiger partial charge on any atom is -0.497 e. The van der Waals surface area contributed by atoms with E-state index >= 15 is 0 Å². The molecular weight excluding hydrogens is 304 g/mol. The van der Waals surface area contributed by atoms with Crippen molar-refractivity contribution in [2.24, 2.45) is 0 Å². The van der Waals surface area contributed by atoms with E-state index in [1.165, 1.54) is 11.3 Å². The third-order valence-electron chi connectivity index (χ3n) is 4.65. The second kappa shape index (κ2) is 6.61. The maximum Gasteiger partial charge on any atom is 0.231 e. The Bertz CT molecular complexity index is 694. The lowest BCUT2D eigenvalue weighted by Gasteiger charge is -2.36. The normalized spacial score (nSPS) is 17.1. The van der Waals surface area contributed by atoms with Crippen molar-refractivity contribution in [1.29, 1.82) is 0 Å². The molecule has 0 bridgehead atoms. The zero-order chi connectivity index (χ0) is 16.4. The molecule has 0 saturated carbocycles. The summed E-state index contributed by atoms with van der Waals surface area (Å²) in [5.41, 5.74) is 2.54. The van der Waals surface area contributed by atoms with Gasteiger partial charge in [0, 0.05) is 38.4 Å². The highest BCUT2D eigenvalue weighted by Crippen LogP contribution is 2.33. The lowest BCUT2D eigenvalue weighted by molar-refractivity contribution is 0.174. The van der Waals surface area contributed by atoms with Crippen LogP contribution in [0, 0.1) is 0 Å². The number of benzene rings is 2. The Kier molecular flexibility index (Phi) is 4.17. The quantitative estimate of drug-likeness (QED) is 0.863. The Hall–Kier alpha value is -2.40. The van der Waals surface area contributed by atoms with Gasteiger partial charge < -0.3 is 19.1 Å². The molecule has 0 atom stereocenters. The van der Waals surface area contributed by atoms with Crippen molar-refractivity contribution in [2.45, 2.75) is 6.54 Å². The van der Waals surface area contributed by atoms with Gasteiger partial charge in [-0.3, -0.25) is 4.90 Å². The Morgan fingerprint density at radius 1 is 0.917 bits per heavy atom. The monoisotopic (exact) mass is 326 g/mol. The Balaban J connectivity index is 1.34. The number of methoxy groups -OCH3 is 1. The highest BCUT2D eigenvalue weighted by Gasteiger charge is 2.19. The topological polar surface area (TPSA) is 34.2 Å². The molecule has 5 nitrogen and oxygen atoms in total. The fourth-order valence-corrected chi connectivity index (χ4v) is 3.25. The summed E-state index contributed by atoms with van der Waals surface area (Å²) in [6.45, 7) is 5.47. The highest BCUT2D eigenvalue weighted by atomic mass is 16.7. The van der Waals surface area contributed by atoms with Crippen LogP contribution in [0.2, 0.25) is 0 Å². The fourth-order valence-electron chi connectivity index (χ4n) is 3.25. The molecule has 2 aliphatic heterocycles. The first-order valence-corrected chi connectivity index (χ1v) is 8.32. The SMILES string of the molecule is COc1ccc(N2CCN(Cc3ccc4c(c3)OCO4)CC2)cc1. The zero-order valence-electron chi connectivity index (χ0n) is 13.9. The molecule has 0 radical (unpaired) electrons. The maximum absolute atomic E-state index is 5.46. The molecule has 0 aliphatic carbocycles. The molecule has 0 spiro atoms. The standard InChI is InChI=1S/C19H22N2O3/c1-22-17-5-3-16(4-6-17)21-10-8-20(9-11-21)13-15-2-7-18-19(12-15)24-14-23-18/h2-7,12H,8-11,13-14H2,1H3. The molecule has 24 heavy (non-hydrogen) atoms. The second-order valence-corrected chi connectivity index (χ2v) is 6.15. The molecule has 2 heterocycles. The van der Waals surface area contributed by atoms with Gasteiger partial charge in [0.2, 0.25) is 6.79 Å². The van der Waals surface area contributed by atoms with Crippen LogP contribution in [-0.2, 0) is 6.54 Å². The van der Waals surface area contributed by atoms with Crippen LogP contribution in [0.25, 0.3) is 0 Å². The molecule has 0 N–H and O–H groups in total. The van der Waals surface area contributed by atoms with Gasteiger partial charge in [-0.25, -0.2) is 0 Å². The van der Waals surface area contributed by atoms with Crippen LogP contribution in [0.4, 0.5) is 5.69 Å². The van der Waals surface area contributed by atoms with E-state index in [0.29, 0.717) is 6.79 Å². The molecule has 4 rings (SSSR count). The van der Waals surface area contributed by atoms with E-state index in [1.54, 1.807) is 7.11 Å². The van der Waals surface area contributed by atoms with E-state index < -0.39 is 0 Å². The molecule has 1 fully saturated rings. The number of nitrogens with zero attached hydrogens (tertiary/aromatic N) is 2. The first-order valence-electron chi connectivity index (χ1n) is 8.32. The first kappa shape index (κ1) is 15.1. The molecule has 0 aromatic heterocycles. The van der Waals surface area contributed by atoms with Crippen LogP contribution >= 0.6 is 0 Å². The molecular formula is C19H22N2O3. The summed E-state index contributed by atoms with van der Waals surface area (Å²) in [5.74, 6) is 2.62. The summed E-state index contributed by atoms with van der Waals surface area (Å²) < 4.78 is 16.1. The van der Waals surface area contributed by atoms with Crippen LogP contribution in [-0.4, -0.2) is 45.0 Å². The van der Waals surface area contributed by atoms with Crippen molar-refractivity contribution in [3.05, 3.63) is 48.0 Å². The van der Waals surface area contributed by atoms with Gasteiger partial charge in [0.1, 0.15) is 5.75 Å². The van der Waals surface area contributed by atoms with Crippen molar-refractivity contribution < 1.29 is 14.2 Å². The molecule has 126 valence electrons. The predicted molar refractivity (Wildman–Crippen MR) is 93.0 cm³/mol. The zero-order valence-corrected chi connectivity index (χ0v) is 13.9. The molecule has 0 unspecified atom stereocenters. The summed E-state index contributed by atoms with van der Waals surface area (Å²) in [7, 11) is 1.70. The third-order valence-corrected chi connectivity index (χ3v) is 4.65. The maximum atomic E-state index is 5.46. The van der Waals surface area contributed by atoms with E-state index in [9.17, 15) is 0 Å². The summed E-state index contributed by atoms with van der Waals surface area (Å²) in [4.78, 5) is 4.91. The van der Waals surface area contributed by atoms with Crippen LogP contribution in [0.1, 0.15) is 5.56 Å². The average Bonchev–Trinajstić information content (AvgIpc) is 3.10. The highest BCUT2D eigenvalue weighted by molar-refractivity contribution is 5.49. The van der Waals surface area contributed by atoms with Gasteiger partial charge in [-0.05, 0) is 42.0 Å². The van der Waals surface area contributed by atoms with Crippen molar-refractivity contribution in [2.75, 3.05) is 45.0 Å². The molecule has 2 aromatic rings. The van der Waals surface area contributed by atoms with E-state index in [-0.39, 0.29) is 0 Å². The number of ether oxygens (including phenoxy) is 3. The predicted octanol–water partition coefficient (Wildman–Crippen LogP) is 2.75. The lowest BCUT2D eigenvalue weighted by atomic mass is 10.1. The molecule has 2 aromatic carbocycles. The third kappa shape index (κ3) is 3.12. The number of anilines is 1. The van der Waals surface area contributed by atoms with Gasteiger partial charge in [-0.15, -0.1) is 0 Å². The lowest BCUT2D eigenvalue weighted by Crippen LogP contribution is -2.45. The van der Waals surface area contributed by atoms with Crippen molar-refractivity contribution in [3.63, 3.8) is 0 Å². The van der Waals surface area contributed by atoms with Gasteiger partial charge >= 0.3 is 0 Å². The summed E-state index contributed by atoms with van der Waals surface area (Å²) in [6, 6.07) is 14.5. The van der Waals surface area contributed by atoms with Gasteiger partial charge in [0.05, 0.1) is 7.11 Å². The Labute approximate surface area is 142 Å². The van der Waals surface area contributed by atoms with Crippen molar-refractivity contribution in [1.82, 2.24) is 4.90 Å². The summed E-state index contributed by atoms with van der Waals surface area (Å²) in [5, 5.41) is 0. The summed E-state index contributed by atoms with van der Waals surface area (Å²) >= 11 is 0. The van der Waals surface area contributed by atoms with Gasteiger partial charge in [0.25, 0.3) is 0 Å². The van der Waals surface area contributed by atoms with Gasteiger partial charge in [-0.1, -0.05) is 6.07 Å². The van der Waals surface area contributed by atoms with Crippen LogP contribution in [0.15, 0.2) is 42.5 Å². The largest absolute Gasteiger partial charge is 0.497 e. The van der Waals surface area contributed by atoms with Gasteiger partial charge in [0.15, 0.2) is 11.5 Å². The smallest absolute Gasteiger partial charge is 0.231 e. The minimum atomic E-state index is 0.333. The van der Waals surface area contributed by atoms with E-state index in [1.807, 2.05) is 18.2 Å². The summed E-state index contributed by atoms with van der Waals surface area (Å²) in [6.07, 6.45) is 0. The average molecular weight is 326 g/mol. The van der Waals surface area contributed by atoms with Crippen LogP contribution in [0.5, 0.6) is 17.2 Å². The molecule has 0 amide bonds. The van der Waals surface area contributed by atoms with E-state index in [0.717, 1.165) is 50.0 Å². The number of fused-ring (bicyclic) bond motifs is 1. The number of hydrogen-bond donors (Lipinski definition) is 0. The van der Waals surface area contributed by atoms with Gasteiger partial charge in [-0.2, -0.15) is 0 Å². The van der Waals surface area contributed by atoms with Crippen LogP contribution < -0.4 is 19.1 Å². The minimum absolute atomic E-state index is 0.333. The Morgan fingerprint density at radius 3 is 2.42 bits per heavy atom. The number of piperazine rings is 1. The first-order chi connectivity index (χ1) is 11.8. The van der Waals surface area contributed by atoms with Crippen molar-refractivity contribution in [3.8, 4) is 17.2 Å². The number of rotatable bonds is 4. The van der Waals surface area contributed by atoms with E-state index in [2.05, 4.69) is 34.1 Å². The molecule has 5 heteroatoms. The molecule has 1 saturated heterocycles. The van der Waals surface area contributed by atoms with E-state index in [4.69, 9.17) is 14.2 Å². The molecule has 2 aliphatic rings. The Morgan fingerprint density at radius 2 is 1.67 bits per heavy atom. The number of hydrogen-bond acceptors (Lipinski definition) is 5. The van der Waals surface area contributed by atoms with Crippen LogP contribution in [0.3, 0.4) is 0 Å². The second-order valence-electron chi connectivity index (χ2n) is 6.15. The fraction of sp³-hybridized carbons (Fsp3) is 0.368. The van der Waals surface area contributed by atoms with Crippen molar-refractivity contribution >= 4 is 5.69 Å².